The molecule has 0 radical (unpaired) electrons. The molecule has 1 aliphatic rings. The molecule has 1 aromatic heterocycles. The van der Waals surface area contributed by atoms with Gasteiger partial charge in [-0.25, -0.2) is 4.79 Å². The zero-order valence-electron chi connectivity index (χ0n) is 11.5. The van der Waals surface area contributed by atoms with Crippen molar-refractivity contribution in [2.45, 2.75) is 25.3 Å². The molecule has 0 saturated heterocycles. The van der Waals surface area contributed by atoms with Gasteiger partial charge in [-0.15, -0.1) is 0 Å². The second-order valence-electron chi connectivity index (χ2n) is 5.24. The molecule has 0 atom stereocenters. The maximum Gasteiger partial charge on any atom is 0.337 e. The fraction of sp³-hybridized carbons (Fsp3) is 0.250. The van der Waals surface area contributed by atoms with E-state index >= 15 is 0 Å². The largest absolute Gasteiger partial charge is 0.478 e. The Labute approximate surface area is 122 Å². The second-order valence-corrected chi connectivity index (χ2v) is 5.24. The molecule has 1 fully saturated rings. The van der Waals surface area contributed by atoms with Crippen molar-refractivity contribution < 1.29 is 14.7 Å². The minimum Gasteiger partial charge on any atom is -0.478 e. The van der Waals surface area contributed by atoms with Crippen molar-refractivity contribution in [2.24, 2.45) is 0 Å². The third-order valence-electron chi connectivity index (χ3n) is 3.57. The van der Waals surface area contributed by atoms with E-state index in [-0.39, 0.29) is 18.4 Å². The Morgan fingerprint density at radius 2 is 1.90 bits per heavy atom. The van der Waals surface area contributed by atoms with Gasteiger partial charge in [0.2, 0.25) is 5.91 Å². The number of aromatic nitrogens is 1. The van der Waals surface area contributed by atoms with Crippen LogP contribution in [0.15, 0.2) is 42.6 Å². The van der Waals surface area contributed by atoms with E-state index < -0.39 is 5.97 Å². The lowest BCUT2D eigenvalue weighted by atomic mass is 10.2. The molecule has 2 N–H and O–H groups in total. The van der Waals surface area contributed by atoms with Crippen molar-refractivity contribution >= 4 is 17.6 Å². The van der Waals surface area contributed by atoms with Gasteiger partial charge in [-0.05, 0) is 31.0 Å². The van der Waals surface area contributed by atoms with E-state index in [0.29, 0.717) is 5.56 Å². The molecule has 1 amide bonds. The molecular formula is C16H16N2O3. The summed E-state index contributed by atoms with van der Waals surface area (Å²) in [5.41, 5.74) is 1.82. The number of para-hydroxylation sites is 1. The molecule has 3 rings (SSSR count). The summed E-state index contributed by atoms with van der Waals surface area (Å²) in [5, 5.41) is 12.0. The Morgan fingerprint density at radius 3 is 2.52 bits per heavy atom. The van der Waals surface area contributed by atoms with E-state index in [1.807, 2.05) is 30.3 Å². The number of amides is 1. The fourth-order valence-electron chi connectivity index (χ4n) is 2.49. The van der Waals surface area contributed by atoms with Gasteiger partial charge in [0.15, 0.2) is 0 Å². The standard InChI is InChI=1S/C16H16N2O3/c19-14(17-12-4-2-1-3-5-12)10-18-9-8-13(16(20)21)15(18)11-6-7-11/h1-5,8-9,11H,6-7,10H2,(H,17,19)(H,20,21). The van der Waals surface area contributed by atoms with E-state index in [2.05, 4.69) is 5.32 Å². The number of rotatable bonds is 5. The predicted molar refractivity (Wildman–Crippen MR) is 78.4 cm³/mol. The van der Waals surface area contributed by atoms with Crippen LogP contribution in [0, 0.1) is 0 Å². The highest BCUT2D eigenvalue weighted by Crippen LogP contribution is 2.42. The van der Waals surface area contributed by atoms with Crippen molar-refractivity contribution in [1.82, 2.24) is 4.57 Å². The third kappa shape index (κ3) is 2.97. The number of carboxylic acid groups (broad SMARTS) is 1. The maximum atomic E-state index is 12.1. The molecule has 0 unspecified atom stereocenters. The molecule has 0 spiro atoms. The highest BCUT2D eigenvalue weighted by molar-refractivity contribution is 5.92. The van der Waals surface area contributed by atoms with E-state index in [1.54, 1.807) is 16.8 Å². The summed E-state index contributed by atoms with van der Waals surface area (Å²) in [7, 11) is 0. The lowest BCUT2D eigenvalue weighted by Gasteiger charge is -2.10. The normalized spacial score (nSPS) is 13.9. The van der Waals surface area contributed by atoms with Gasteiger partial charge in [-0.1, -0.05) is 18.2 Å². The van der Waals surface area contributed by atoms with Gasteiger partial charge in [-0.3, -0.25) is 4.79 Å². The Morgan fingerprint density at radius 1 is 1.19 bits per heavy atom. The van der Waals surface area contributed by atoms with Gasteiger partial charge in [0.05, 0.1) is 5.56 Å². The molecular weight excluding hydrogens is 268 g/mol. The Hall–Kier alpha value is -2.56. The average molecular weight is 284 g/mol. The topological polar surface area (TPSA) is 71.3 Å². The molecule has 1 saturated carbocycles. The number of hydrogen-bond acceptors (Lipinski definition) is 2. The SMILES string of the molecule is O=C(Cn1ccc(C(=O)O)c1C1CC1)Nc1ccccc1. The van der Waals surface area contributed by atoms with Gasteiger partial charge < -0.3 is 15.0 Å². The van der Waals surface area contributed by atoms with Gasteiger partial charge in [-0.2, -0.15) is 0 Å². The van der Waals surface area contributed by atoms with Gasteiger partial charge >= 0.3 is 5.97 Å². The van der Waals surface area contributed by atoms with Crippen LogP contribution in [0.3, 0.4) is 0 Å². The molecule has 21 heavy (non-hydrogen) atoms. The maximum absolute atomic E-state index is 12.1. The lowest BCUT2D eigenvalue weighted by Crippen LogP contribution is -2.20. The summed E-state index contributed by atoms with van der Waals surface area (Å²) >= 11 is 0. The highest BCUT2D eigenvalue weighted by atomic mass is 16.4. The van der Waals surface area contributed by atoms with Gasteiger partial charge in [0.1, 0.15) is 6.54 Å². The van der Waals surface area contributed by atoms with E-state index in [1.165, 1.54) is 0 Å². The fourth-order valence-corrected chi connectivity index (χ4v) is 2.49. The van der Waals surface area contributed by atoms with Crippen molar-refractivity contribution in [1.29, 1.82) is 0 Å². The van der Waals surface area contributed by atoms with Crippen LogP contribution in [0.25, 0.3) is 0 Å². The van der Waals surface area contributed by atoms with E-state index in [0.717, 1.165) is 24.2 Å². The molecule has 0 bridgehead atoms. The molecule has 1 heterocycles. The van der Waals surface area contributed by atoms with Crippen molar-refractivity contribution in [3.63, 3.8) is 0 Å². The molecule has 1 aromatic carbocycles. The first-order chi connectivity index (χ1) is 10.1. The molecule has 5 heteroatoms. The number of hydrogen-bond donors (Lipinski definition) is 2. The smallest absolute Gasteiger partial charge is 0.337 e. The minimum atomic E-state index is -0.931. The highest BCUT2D eigenvalue weighted by Gasteiger charge is 2.31. The number of aromatic carboxylic acids is 1. The number of anilines is 1. The Kier molecular flexibility index (Phi) is 3.48. The predicted octanol–water partition coefficient (Wildman–Crippen LogP) is 2.70. The van der Waals surface area contributed by atoms with Gasteiger partial charge in [0.25, 0.3) is 0 Å². The van der Waals surface area contributed by atoms with Crippen LogP contribution in [-0.4, -0.2) is 21.6 Å². The summed E-state index contributed by atoms with van der Waals surface area (Å²) in [4.78, 5) is 23.3. The summed E-state index contributed by atoms with van der Waals surface area (Å²) in [6.45, 7) is 0.133. The van der Waals surface area contributed by atoms with Crippen molar-refractivity contribution in [2.75, 3.05) is 5.32 Å². The zero-order chi connectivity index (χ0) is 14.8. The molecule has 1 aliphatic carbocycles. The van der Waals surface area contributed by atoms with Crippen LogP contribution in [0.5, 0.6) is 0 Å². The van der Waals surface area contributed by atoms with E-state index in [4.69, 9.17) is 0 Å². The first-order valence-corrected chi connectivity index (χ1v) is 6.92. The van der Waals surface area contributed by atoms with Crippen LogP contribution in [0.4, 0.5) is 5.69 Å². The van der Waals surface area contributed by atoms with Crippen molar-refractivity contribution in [3.8, 4) is 0 Å². The summed E-state index contributed by atoms with van der Waals surface area (Å²) in [6.07, 6.45) is 3.66. The second kappa shape index (κ2) is 5.44. The van der Waals surface area contributed by atoms with Crippen LogP contribution in [-0.2, 0) is 11.3 Å². The van der Waals surface area contributed by atoms with Crippen LogP contribution in [0.2, 0.25) is 0 Å². The molecule has 108 valence electrons. The Balaban J connectivity index is 1.76. The van der Waals surface area contributed by atoms with Crippen LogP contribution >= 0.6 is 0 Å². The summed E-state index contributed by atoms with van der Waals surface area (Å²) in [6, 6.07) is 10.8. The van der Waals surface area contributed by atoms with E-state index in [9.17, 15) is 14.7 Å². The average Bonchev–Trinajstić information content (AvgIpc) is 3.21. The first-order valence-electron chi connectivity index (χ1n) is 6.92. The number of carbonyl (C=O) groups excluding carboxylic acids is 1. The molecule has 2 aromatic rings. The number of benzene rings is 1. The van der Waals surface area contributed by atoms with Crippen LogP contribution in [0.1, 0.15) is 34.8 Å². The van der Waals surface area contributed by atoms with Crippen LogP contribution < -0.4 is 5.32 Å². The number of nitrogens with zero attached hydrogens (tertiary/aromatic N) is 1. The Bertz CT molecular complexity index is 672. The quantitative estimate of drug-likeness (QED) is 0.886. The lowest BCUT2D eigenvalue weighted by molar-refractivity contribution is -0.116. The molecule has 5 nitrogen and oxygen atoms in total. The number of carboxylic acids is 1. The zero-order valence-corrected chi connectivity index (χ0v) is 11.5. The third-order valence-corrected chi connectivity index (χ3v) is 3.57. The first kappa shape index (κ1) is 13.4. The number of nitrogens with one attached hydrogen (secondary N) is 1. The summed E-state index contributed by atoms with van der Waals surface area (Å²) < 4.78 is 1.75. The van der Waals surface area contributed by atoms with Gasteiger partial charge in [0, 0.05) is 23.5 Å². The monoisotopic (exact) mass is 284 g/mol. The molecule has 0 aliphatic heterocycles. The summed E-state index contributed by atoms with van der Waals surface area (Å²) in [5.74, 6) is -0.814. The minimum absolute atomic E-state index is 0.133. The number of carbonyl (C=O) groups is 2. The van der Waals surface area contributed by atoms with Crippen molar-refractivity contribution in [3.05, 3.63) is 53.9 Å².